The van der Waals surface area contributed by atoms with E-state index in [0.29, 0.717) is 23.2 Å². The van der Waals surface area contributed by atoms with Gasteiger partial charge in [-0.1, -0.05) is 42.1 Å². The third kappa shape index (κ3) is 5.47. The van der Waals surface area contributed by atoms with Gasteiger partial charge in [0.05, 0.1) is 12.9 Å². The van der Waals surface area contributed by atoms with Crippen LogP contribution in [0.2, 0.25) is 0 Å². The van der Waals surface area contributed by atoms with Crippen molar-refractivity contribution in [1.82, 2.24) is 15.3 Å². The number of aryl methyl sites for hydroxylation is 1. The Balaban J connectivity index is 1.57. The molecule has 0 saturated heterocycles. The summed E-state index contributed by atoms with van der Waals surface area (Å²) in [5, 5.41) is 3.47. The first-order valence-electron chi connectivity index (χ1n) is 8.72. The molecule has 2 aromatic carbocycles. The van der Waals surface area contributed by atoms with E-state index in [1.54, 1.807) is 19.5 Å². The second-order valence-electron chi connectivity index (χ2n) is 5.95. The lowest BCUT2D eigenvalue weighted by Gasteiger charge is -2.10. The van der Waals surface area contributed by atoms with Crippen LogP contribution in [0, 0.1) is 6.92 Å². The van der Waals surface area contributed by atoms with Gasteiger partial charge in [-0.05, 0) is 36.2 Å². The van der Waals surface area contributed by atoms with Crippen molar-refractivity contribution >= 4 is 17.7 Å². The van der Waals surface area contributed by atoms with Crippen molar-refractivity contribution in [2.45, 2.75) is 18.5 Å². The number of nitrogens with one attached hydrogen (secondary N) is 1. The largest absolute Gasteiger partial charge is 0.497 e. The molecule has 6 nitrogen and oxygen atoms in total. The quantitative estimate of drug-likeness (QED) is 0.581. The molecule has 0 unspecified atom stereocenters. The number of amides is 1. The van der Waals surface area contributed by atoms with Crippen LogP contribution in [0.15, 0.2) is 66.0 Å². The maximum absolute atomic E-state index is 12.2. The fourth-order valence-electron chi connectivity index (χ4n) is 2.42. The van der Waals surface area contributed by atoms with E-state index in [1.807, 2.05) is 55.5 Å². The number of ether oxygens (including phenoxy) is 2. The highest BCUT2D eigenvalue weighted by Gasteiger charge is 2.12. The number of nitrogens with zero attached hydrogens (tertiary/aromatic N) is 2. The molecule has 144 valence electrons. The van der Waals surface area contributed by atoms with E-state index in [9.17, 15) is 4.79 Å². The highest BCUT2D eigenvalue weighted by atomic mass is 32.2. The van der Waals surface area contributed by atoms with Crippen LogP contribution >= 0.6 is 11.8 Å². The van der Waals surface area contributed by atoms with Gasteiger partial charge in [0.15, 0.2) is 5.03 Å². The van der Waals surface area contributed by atoms with Gasteiger partial charge in [-0.15, -0.1) is 0 Å². The second-order valence-corrected chi connectivity index (χ2v) is 6.92. The molecule has 0 bridgehead atoms. The standard InChI is InChI=1S/C21H21N3O3S/c1-15-6-3-4-9-18(15)27-20-21(23-11-10-22-20)28-14-19(25)24-13-16-7-5-8-17(12-16)26-2/h3-12H,13-14H2,1-2H3,(H,24,25). The third-order valence-corrected chi connectivity index (χ3v) is 4.86. The van der Waals surface area contributed by atoms with Crippen LogP contribution in [-0.2, 0) is 11.3 Å². The number of carbonyl (C=O) groups excluding carboxylic acids is 1. The summed E-state index contributed by atoms with van der Waals surface area (Å²) >= 11 is 1.29. The monoisotopic (exact) mass is 395 g/mol. The zero-order valence-corrected chi connectivity index (χ0v) is 16.5. The summed E-state index contributed by atoms with van der Waals surface area (Å²) < 4.78 is 11.1. The van der Waals surface area contributed by atoms with Crippen LogP contribution in [0.3, 0.4) is 0 Å². The minimum Gasteiger partial charge on any atom is -0.497 e. The lowest BCUT2D eigenvalue weighted by molar-refractivity contribution is -0.118. The van der Waals surface area contributed by atoms with Crippen molar-refractivity contribution in [3.05, 3.63) is 72.1 Å². The van der Waals surface area contributed by atoms with E-state index in [1.165, 1.54) is 11.8 Å². The maximum atomic E-state index is 12.2. The normalized spacial score (nSPS) is 10.4. The van der Waals surface area contributed by atoms with Crippen LogP contribution in [0.25, 0.3) is 0 Å². The summed E-state index contributed by atoms with van der Waals surface area (Å²) in [7, 11) is 1.62. The number of hydrogen-bond acceptors (Lipinski definition) is 6. The lowest BCUT2D eigenvalue weighted by Crippen LogP contribution is -2.24. The number of benzene rings is 2. The van der Waals surface area contributed by atoms with E-state index in [0.717, 1.165) is 16.9 Å². The van der Waals surface area contributed by atoms with Gasteiger partial charge >= 0.3 is 0 Å². The van der Waals surface area contributed by atoms with Gasteiger partial charge in [0.2, 0.25) is 5.91 Å². The molecule has 0 aliphatic carbocycles. The minimum absolute atomic E-state index is 0.0969. The van der Waals surface area contributed by atoms with Gasteiger partial charge in [0.25, 0.3) is 5.88 Å². The molecule has 3 rings (SSSR count). The first-order chi connectivity index (χ1) is 13.7. The predicted molar refractivity (Wildman–Crippen MR) is 109 cm³/mol. The predicted octanol–water partition coefficient (Wildman–Crippen LogP) is 3.99. The Morgan fingerprint density at radius 1 is 1.11 bits per heavy atom. The van der Waals surface area contributed by atoms with Crippen LogP contribution in [0.5, 0.6) is 17.4 Å². The highest BCUT2D eigenvalue weighted by molar-refractivity contribution is 8.00. The summed E-state index contributed by atoms with van der Waals surface area (Å²) in [6.07, 6.45) is 3.15. The smallest absolute Gasteiger partial charge is 0.252 e. The summed E-state index contributed by atoms with van der Waals surface area (Å²) in [6, 6.07) is 15.3. The van der Waals surface area contributed by atoms with Crippen molar-refractivity contribution in [3.63, 3.8) is 0 Å². The van der Waals surface area contributed by atoms with Crippen molar-refractivity contribution in [3.8, 4) is 17.4 Å². The molecule has 0 atom stereocenters. The summed E-state index contributed by atoms with van der Waals surface area (Å²) in [6.45, 7) is 2.40. The second kappa shape index (κ2) is 9.75. The molecule has 0 radical (unpaired) electrons. The van der Waals surface area contributed by atoms with Crippen molar-refractivity contribution in [2.75, 3.05) is 12.9 Å². The Bertz CT molecular complexity index is 949. The van der Waals surface area contributed by atoms with Gasteiger partial charge in [-0.3, -0.25) is 4.79 Å². The molecule has 1 N–H and O–H groups in total. The Labute approximate surface area is 168 Å². The molecule has 0 saturated carbocycles. The Morgan fingerprint density at radius 2 is 1.93 bits per heavy atom. The van der Waals surface area contributed by atoms with Crippen LogP contribution in [0.4, 0.5) is 0 Å². The van der Waals surface area contributed by atoms with Gasteiger partial charge < -0.3 is 14.8 Å². The van der Waals surface area contributed by atoms with E-state index in [2.05, 4.69) is 15.3 Å². The van der Waals surface area contributed by atoms with Gasteiger partial charge in [-0.25, -0.2) is 9.97 Å². The molecule has 0 aliphatic rings. The molecule has 0 fully saturated rings. The topological polar surface area (TPSA) is 73.3 Å². The average molecular weight is 395 g/mol. The molecule has 0 spiro atoms. The Hall–Kier alpha value is -3.06. The Morgan fingerprint density at radius 3 is 2.75 bits per heavy atom. The molecule has 3 aromatic rings. The van der Waals surface area contributed by atoms with E-state index in [4.69, 9.17) is 9.47 Å². The molecular formula is C21H21N3O3S. The number of carbonyl (C=O) groups is 1. The number of aromatic nitrogens is 2. The molecule has 0 aliphatic heterocycles. The SMILES string of the molecule is COc1cccc(CNC(=O)CSc2nccnc2Oc2ccccc2C)c1. The van der Waals surface area contributed by atoms with Crippen LogP contribution in [-0.4, -0.2) is 28.7 Å². The maximum Gasteiger partial charge on any atom is 0.252 e. The van der Waals surface area contributed by atoms with Gasteiger partial charge in [-0.2, -0.15) is 0 Å². The Kier molecular flexibility index (Phi) is 6.86. The minimum atomic E-state index is -0.0969. The third-order valence-electron chi connectivity index (χ3n) is 3.90. The molecule has 1 heterocycles. The number of rotatable bonds is 8. The molecule has 1 aromatic heterocycles. The van der Waals surface area contributed by atoms with Gasteiger partial charge in [0, 0.05) is 18.9 Å². The summed E-state index contributed by atoms with van der Waals surface area (Å²) in [4.78, 5) is 20.8. The number of para-hydroxylation sites is 1. The average Bonchev–Trinajstić information content (AvgIpc) is 2.73. The number of hydrogen-bond donors (Lipinski definition) is 1. The molecule has 28 heavy (non-hydrogen) atoms. The molecular weight excluding hydrogens is 374 g/mol. The van der Waals surface area contributed by atoms with E-state index in [-0.39, 0.29) is 11.7 Å². The van der Waals surface area contributed by atoms with Crippen molar-refractivity contribution in [2.24, 2.45) is 0 Å². The first-order valence-corrected chi connectivity index (χ1v) is 9.71. The lowest BCUT2D eigenvalue weighted by atomic mass is 10.2. The van der Waals surface area contributed by atoms with Gasteiger partial charge in [0.1, 0.15) is 11.5 Å². The first kappa shape index (κ1) is 19.7. The molecule has 1 amide bonds. The van der Waals surface area contributed by atoms with Crippen molar-refractivity contribution < 1.29 is 14.3 Å². The fourth-order valence-corrected chi connectivity index (χ4v) is 3.15. The summed E-state index contributed by atoms with van der Waals surface area (Å²) in [5.74, 6) is 1.99. The fraction of sp³-hybridized carbons (Fsp3) is 0.190. The van der Waals surface area contributed by atoms with Crippen LogP contribution < -0.4 is 14.8 Å². The van der Waals surface area contributed by atoms with Crippen LogP contribution in [0.1, 0.15) is 11.1 Å². The zero-order chi connectivity index (χ0) is 19.8. The van der Waals surface area contributed by atoms with E-state index >= 15 is 0 Å². The highest BCUT2D eigenvalue weighted by Crippen LogP contribution is 2.30. The van der Waals surface area contributed by atoms with E-state index < -0.39 is 0 Å². The number of methoxy groups -OCH3 is 1. The summed E-state index contributed by atoms with van der Waals surface area (Å²) in [5.41, 5.74) is 1.97. The molecule has 7 heteroatoms. The number of thioether (sulfide) groups is 1. The zero-order valence-electron chi connectivity index (χ0n) is 15.7. The van der Waals surface area contributed by atoms with Crippen molar-refractivity contribution in [1.29, 1.82) is 0 Å².